The van der Waals surface area contributed by atoms with Gasteiger partial charge in [0.15, 0.2) is 0 Å². The highest BCUT2D eigenvalue weighted by Gasteiger charge is 2.13. The van der Waals surface area contributed by atoms with Gasteiger partial charge in [-0.1, -0.05) is 6.07 Å². The van der Waals surface area contributed by atoms with Crippen LogP contribution in [0.4, 0.5) is 5.69 Å². The van der Waals surface area contributed by atoms with E-state index in [1.807, 2.05) is 32.0 Å². The number of aryl methyl sites for hydroxylation is 2. The number of carboxylic acid groups (broad SMARTS) is 1. The summed E-state index contributed by atoms with van der Waals surface area (Å²) in [5.41, 5.74) is 3.26. The molecule has 1 aromatic heterocycles. The third kappa shape index (κ3) is 3.06. The predicted molar refractivity (Wildman–Crippen MR) is 75.9 cm³/mol. The third-order valence-electron chi connectivity index (χ3n) is 3.13. The Kier molecular flexibility index (Phi) is 3.89. The summed E-state index contributed by atoms with van der Waals surface area (Å²) in [7, 11) is 0. The number of carbonyl (C=O) groups is 2. The van der Waals surface area contributed by atoms with E-state index in [2.05, 4.69) is 5.32 Å². The van der Waals surface area contributed by atoms with Gasteiger partial charge in [-0.25, -0.2) is 0 Å². The molecule has 20 heavy (non-hydrogen) atoms. The van der Waals surface area contributed by atoms with Crippen molar-refractivity contribution in [1.82, 2.24) is 4.57 Å². The molecule has 2 N–H and O–H groups in total. The molecule has 1 heterocycles. The molecule has 0 aliphatic rings. The van der Waals surface area contributed by atoms with Crippen LogP contribution in [0.2, 0.25) is 0 Å². The van der Waals surface area contributed by atoms with Crippen molar-refractivity contribution in [3.63, 3.8) is 0 Å². The summed E-state index contributed by atoms with van der Waals surface area (Å²) < 4.78 is 1.40. The summed E-state index contributed by atoms with van der Waals surface area (Å²) in [6, 6.07) is 8.89. The minimum atomic E-state index is -0.985. The molecule has 0 saturated carbocycles. The smallest absolute Gasteiger partial charge is 0.323 e. The quantitative estimate of drug-likeness (QED) is 0.898. The lowest BCUT2D eigenvalue weighted by Gasteiger charge is -2.09. The van der Waals surface area contributed by atoms with Gasteiger partial charge in [0.05, 0.1) is 0 Å². The van der Waals surface area contributed by atoms with Gasteiger partial charge in [-0.2, -0.15) is 0 Å². The molecular weight excluding hydrogens is 256 g/mol. The van der Waals surface area contributed by atoms with Crippen molar-refractivity contribution in [2.24, 2.45) is 0 Å². The minimum absolute atomic E-state index is 0.233. The van der Waals surface area contributed by atoms with Gasteiger partial charge in [0.2, 0.25) is 0 Å². The fourth-order valence-corrected chi connectivity index (χ4v) is 1.92. The maximum Gasteiger partial charge on any atom is 0.323 e. The molecule has 5 heteroatoms. The zero-order valence-corrected chi connectivity index (χ0v) is 11.4. The molecule has 2 rings (SSSR count). The number of carbonyl (C=O) groups excluding carboxylic acids is 1. The number of amides is 1. The SMILES string of the molecule is Cc1ccc(NC(=O)c2cccn2CC(=O)O)cc1C. The van der Waals surface area contributed by atoms with Gasteiger partial charge < -0.3 is 15.0 Å². The standard InChI is InChI=1S/C15H16N2O3/c1-10-5-6-12(8-11(10)2)16-15(20)13-4-3-7-17(13)9-14(18)19/h3-8H,9H2,1-2H3,(H,16,20)(H,18,19). The Morgan fingerprint density at radius 3 is 2.60 bits per heavy atom. The first-order chi connectivity index (χ1) is 9.47. The second-order valence-corrected chi connectivity index (χ2v) is 4.67. The van der Waals surface area contributed by atoms with Gasteiger partial charge in [-0.15, -0.1) is 0 Å². The van der Waals surface area contributed by atoms with Crippen LogP contribution in [0.15, 0.2) is 36.5 Å². The van der Waals surface area contributed by atoms with Crippen LogP contribution in [0.1, 0.15) is 21.6 Å². The summed E-state index contributed by atoms with van der Waals surface area (Å²) in [5, 5.41) is 11.6. The second kappa shape index (κ2) is 5.61. The Balaban J connectivity index is 2.17. The molecule has 0 aliphatic carbocycles. The van der Waals surface area contributed by atoms with Crippen LogP contribution in [0.25, 0.3) is 0 Å². The van der Waals surface area contributed by atoms with E-state index in [4.69, 9.17) is 5.11 Å². The molecule has 0 saturated heterocycles. The number of carboxylic acids is 1. The van der Waals surface area contributed by atoms with E-state index in [-0.39, 0.29) is 12.5 Å². The predicted octanol–water partition coefficient (Wildman–Crippen LogP) is 2.44. The van der Waals surface area contributed by atoms with Gasteiger partial charge in [-0.3, -0.25) is 9.59 Å². The molecule has 0 radical (unpaired) electrons. The van der Waals surface area contributed by atoms with Gasteiger partial charge in [0.25, 0.3) is 5.91 Å². The first-order valence-electron chi connectivity index (χ1n) is 6.23. The summed E-state index contributed by atoms with van der Waals surface area (Å²) in [5.74, 6) is -1.30. The van der Waals surface area contributed by atoms with Crippen molar-refractivity contribution in [2.45, 2.75) is 20.4 Å². The highest BCUT2D eigenvalue weighted by Crippen LogP contribution is 2.15. The molecular formula is C15H16N2O3. The van der Waals surface area contributed by atoms with E-state index >= 15 is 0 Å². The van der Waals surface area contributed by atoms with Crippen LogP contribution in [0.5, 0.6) is 0 Å². The molecule has 0 unspecified atom stereocenters. The van der Waals surface area contributed by atoms with Gasteiger partial charge >= 0.3 is 5.97 Å². The van der Waals surface area contributed by atoms with E-state index in [0.717, 1.165) is 11.1 Å². The van der Waals surface area contributed by atoms with Crippen molar-refractivity contribution < 1.29 is 14.7 Å². The Morgan fingerprint density at radius 1 is 1.20 bits per heavy atom. The number of anilines is 1. The lowest BCUT2D eigenvalue weighted by molar-refractivity contribution is -0.137. The van der Waals surface area contributed by atoms with Gasteiger partial charge in [-0.05, 0) is 49.2 Å². The Bertz CT molecular complexity index is 659. The Hall–Kier alpha value is -2.56. The van der Waals surface area contributed by atoms with E-state index in [0.29, 0.717) is 11.4 Å². The van der Waals surface area contributed by atoms with Crippen LogP contribution in [0, 0.1) is 13.8 Å². The van der Waals surface area contributed by atoms with Crippen molar-refractivity contribution in [3.8, 4) is 0 Å². The normalized spacial score (nSPS) is 10.3. The first-order valence-corrected chi connectivity index (χ1v) is 6.23. The van der Waals surface area contributed by atoms with Crippen molar-refractivity contribution in [1.29, 1.82) is 0 Å². The van der Waals surface area contributed by atoms with Crippen molar-refractivity contribution in [2.75, 3.05) is 5.32 Å². The summed E-state index contributed by atoms with van der Waals surface area (Å²) in [6.07, 6.45) is 1.57. The summed E-state index contributed by atoms with van der Waals surface area (Å²) in [6.45, 7) is 3.74. The summed E-state index contributed by atoms with van der Waals surface area (Å²) >= 11 is 0. The fraction of sp³-hybridized carbons (Fsp3) is 0.200. The molecule has 104 valence electrons. The van der Waals surface area contributed by atoms with Crippen LogP contribution >= 0.6 is 0 Å². The molecule has 2 aromatic rings. The highest BCUT2D eigenvalue weighted by atomic mass is 16.4. The number of hydrogen-bond donors (Lipinski definition) is 2. The van der Waals surface area contributed by atoms with Crippen LogP contribution in [0.3, 0.4) is 0 Å². The number of rotatable bonds is 4. The number of hydrogen-bond acceptors (Lipinski definition) is 2. The molecule has 1 amide bonds. The molecule has 1 aromatic carbocycles. The van der Waals surface area contributed by atoms with E-state index in [1.54, 1.807) is 18.3 Å². The molecule has 0 atom stereocenters. The number of nitrogens with zero attached hydrogens (tertiary/aromatic N) is 1. The monoisotopic (exact) mass is 272 g/mol. The van der Waals surface area contributed by atoms with Crippen LogP contribution in [-0.4, -0.2) is 21.6 Å². The molecule has 0 fully saturated rings. The number of aromatic nitrogens is 1. The van der Waals surface area contributed by atoms with Crippen LogP contribution in [-0.2, 0) is 11.3 Å². The second-order valence-electron chi connectivity index (χ2n) is 4.67. The topological polar surface area (TPSA) is 71.3 Å². The fourth-order valence-electron chi connectivity index (χ4n) is 1.92. The Labute approximate surface area is 116 Å². The lowest BCUT2D eigenvalue weighted by Crippen LogP contribution is -2.19. The van der Waals surface area contributed by atoms with Crippen molar-refractivity contribution >= 4 is 17.6 Å². The zero-order valence-electron chi connectivity index (χ0n) is 11.4. The number of nitrogens with one attached hydrogen (secondary N) is 1. The van der Waals surface area contributed by atoms with E-state index in [1.165, 1.54) is 4.57 Å². The number of aliphatic carboxylic acids is 1. The minimum Gasteiger partial charge on any atom is -0.480 e. The van der Waals surface area contributed by atoms with E-state index < -0.39 is 5.97 Å². The molecule has 0 bridgehead atoms. The summed E-state index contributed by atoms with van der Waals surface area (Å²) in [4.78, 5) is 22.9. The lowest BCUT2D eigenvalue weighted by atomic mass is 10.1. The van der Waals surface area contributed by atoms with Crippen LogP contribution < -0.4 is 5.32 Å². The average Bonchev–Trinajstić information content (AvgIpc) is 2.81. The van der Waals surface area contributed by atoms with Gasteiger partial charge in [0.1, 0.15) is 12.2 Å². The van der Waals surface area contributed by atoms with Gasteiger partial charge in [0, 0.05) is 11.9 Å². The Morgan fingerprint density at radius 2 is 1.95 bits per heavy atom. The molecule has 0 spiro atoms. The molecule has 0 aliphatic heterocycles. The maximum absolute atomic E-state index is 12.1. The maximum atomic E-state index is 12.1. The average molecular weight is 272 g/mol. The molecule has 5 nitrogen and oxygen atoms in total. The first kappa shape index (κ1) is 13.9. The van der Waals surface area contributed by atoms with E-state index in [9.17, 15) is 9.59 Å². The zero-order chi connectivity index (χ0) is 14.7. The number of benzene rings is 1. The highest BCUT2D eigenvalue weighted by molar-refractivity contribution is 6.03. The van der Waals surface area contributed by atoms with Crippen molar-refractivity contribution in [3.05, 3.63) is 53.3 Å². The third-order valence-corrected chi connectivity index (χ3v) is 3.13. The largest absolute Gasteiger partial charge is 0.480 e.